The number of aromatic nitrogens is 1. The van der Waals surface area contributed by atoms with E-state index >= 15 is 0 Å². The van der Waals surface area contributed by atoms with Crippen LogP contribution in [0.25, 0.3) is 94.4 Å². The maximum absolute atomic E-state index is 9.63. The van der Waals surface area contributed by atoms with Crippen LogP contribution in [0.4, 0.5) is 0 Å². The van der Waals surface area contributed by atoms with Crippen molar-refractivity contribution in [3.8, 4) is 39.1 Å². The molecule has 0 spiro atoms. The fourth-order valence-corrected chi connectivity index (χ4v) is 9.62. The highest BCUT2D eigenvalue weighted by Gasteiger charge is 2.24. The SMILES string of the molecule is C=Cc1c(C(=N)c2ccccc2)c2cc(-c3ccc4c(-c5cccc6c5C=CCC6)c5ccccc5c(-c5cccc6ccccc56)c4c3)ccc2n1-c1ccccc1. The summed E-state index contributed by atoms with van der Waals surface area (Å²) in [5, 5.41) is 18.1. The second kappa shape index (κ2) is 14.1. The van der Waals surface area contributed by atoms with Gasteiger partial charge in [-0.1, -0.05) is 170 Å². The van der Waals surface area contributed by atoms with Crippen LogP contribution in [-0.2, 0) is 6.42 Å². The molecule has 0 saturated carbocycles. The van der Waals surface area contributed by atoms with Gasteiger partial charge in [0.15, 0.2) is 0 Å². The van der Waals surface area contributed by atoms with Gasteiger partial charge in [0.25, 0.3) is 0 Å². The van der Waals surface area contributed by atoms with E-state index in [1.807, 2.05) is 42.5 Å². The zero-order valence-electron chi connectivity index (χ0n) is 32.6. The highest BCUT2D eigenvalue weighted by atomic mass is 15.0. The summed E-state index contributed by atoms with van der Waals surface area (Å²) in [6.45, 7) is 4.29. The van der Waals surface area contributed by atoms with Gasteiger partial charge in [0.1, 0.15) is 0 Å². The lowest BCUT2D eigenvalue weighted by molar-refractivity contribution is 0.987. The van der Waals surface area contributed by atoms with Crippen LogP contribution < -0.4 is 0 Å². The van der Waals surface area contributed by atoms with Crippen LogP contribution in [0.2, 0.25) is 0 Å². The number of nitrogens with zero attached hydrogens (tertiary/aromatic N) is 1. The lowest BCUT2D eigenvalue weighted by Crippen LogP contribution is -2.04. The van der Waals surface area contributed by atoms with Crippen LogP contribution in [0.3, 0.4) is 0 Å². The summed E-state index contributed by atoms with van der Waals surface area (Å²) in [7, 11) is 0. The van der Waals surface area contributed by atoms with Crippen molar-refractivity contribution in [3.05, 3.63) is 223 Å². The summed E-state index contributed by atoms with van der Waals surface area (Å²) in [4.78, 5) is 0. The molecule has 278 valence electrons. The monoisotopic (exact) mass is 752 g/mol. The summed E-state index contributed by atoms with van der Waals surface area (Å²) in [6, 6.07) is 65.5. The second-order valence-corrected chi connectivity index (χ2v) is 15.5. The van der Waals surface area contributed by atoms with E-state index in [4.69, 9.17) is 0 Å². The van der Waals surface area contributed by atoms with E-state index in [-0.39, 0.29) is 0 Å². The van der Waals surface area contributed by atoms with Gasteiger partial charge in [-0.05, 0) is 126 Å². The molecule has 1 aliphatic rings. The summed E-state index contributed by atoms with van der Waals surface area (Å²) in [6.07, 6.45) is 8.68. The lowest BCUT2D eigenvalue weighted by Gasteiger charge is -2.22. The number of hydrogen-bond donors (Lipinski definition) is 1. The maximum Gasteiger partial charge on any atom is 0.0712 e. The standard InChI is InChI=1S/C57H40N2/c1-2-52-56(57(58)39-19-5-3-6-20-39)51-36-41(32-34-53(51)59(52)42-23-7-4-8-24-42)40-31-33-49-50(35-40)55(46-30-16-22-38-18-10-12-26-44(38)46)48-28-14-13-27-47(48)54(49)45-29-15-21-37-17-9-11-25-43(37)45/h2-8,10-16,18-36,58H,1,9,17H2. The van der Waals surface area contributed by atoms with Crippen LogP contribution in [0.15, 0.2) is 195 Å². The molecule has 0 radical (unpaired) electrons. The molecule has 11 rings (SSSR count). The van der Waals surface area contributed by atoms with Gasteiger partial charge in [-0.25, -0.2) is 0 Å². The van der Waals surface area contributed by atoms with E-state index in [0.29, 0.717) is 5.71 Å². The average Bonchev–Trinajstić information content (AvgIpc) is 3.64. The van der Waals surface area contributed by atoms with Crippen molar-refractivity contribution in [2.24, 2.45) is 0 Å². The summed E-state index contributed by atoms with van der Waals surface area (Å²) >= 11 is 0. The summed E-state index contributed by atoms with van der Waals surface area (Å²) in [5.74, 6) is 0. The minimum Gasteiger partial charge on any atom is -0.309 e. The van der Waals surface area contributed by atoms with Crippen LogP contribution in [0.5, 0.6) is 0 Å². The van der Waals surface area contributed by atoms with E-state index in [9.17, 15) is 5.41 Å². The van der Waals surface area contributed by atoms with Crippen LogP contribution >= 0.6 is 0 Å². The fraction of sp³-hybridized carbons (Fsp3) is 0.0351. The Kier molecular flexibility index (Phi) is 8.30. The summed E-state index contributed by atoms with van der Waals surface area (Å²) in [5.41, 5.74) is 15.2. The molecular weight excluding hydrogens is 713 g/mol. The molecule has 10 aromatic rings. The quantitative estimate of drug-likeness (QED) is 0.124. The number of allylic oxidation sites excluding steroid dienone is 1. The van der Waals surface area contributed by atoms with Gasteiger partial charge in [-0.2, -0.15) is 0 Å². The number of fused-ring (bicyclic) bond motifs is 5. The molecule has 1 aliphatic carbocycles. The molecule has 0 amide bonds. The number of rotatable bonds is 7. The minimum absolute atomic E-state index is 0.477. The van der Waals surface area contributed by atoms with Gasteiger partial charge in [0.2, 0.25) is 0 Å². The van der Waals surface area contributed by atoms with E-state index in [1.165, 1.54) is 65.7 Å². The number of hydrogen-bond acceptors (Lipinski definition) is 1. The van der Waals surface area contributed by atoms with Gasteiger partial charge in [-0.15, -0.1) is 0 Å². The largest absolute Gasteiger partial charge is 0.309 e. The molecule has 0 saturated heterocycles. The minimum atomic E-state index is 0.477. The molecular formula is C57H40N2. The van der Waals surface area contributed by atoms with E-state index in [0.717, 1.165) is 57.4 Å². The molecule has 1 N–H and O–H groups in total. The molecule has 2 nitrogen and oxygen atoms in total. The van der Waals surface area contributed by atoms with Crippen molar-refractivity contribution >= 4 is 61.1 Å². The van der Waals surface area contributed by atoms with Crippen molar-refractivity contribution in [1.29, 1.82) is 5.41 Å². The molecule has 0 fully saturated rings. The molecule has 59 heavy (non-hydrogen) atoms. The van der Waals surface area contributed by atoms with E-state index < -0.39 is 0 Å². The van der Waals surface area contributed by atoms with Gasteiger partial charge in [-0.3, -0.25) is 5.41 Å². The number of nitrogens with one attached hydrogen (secondary N) is 1. The zero-order chi connectivity index (χ0) is 39.5. The van der Waals surface area contributed by atoms with E-state index in [1.54, 1.807) is 0 Å². The molecule has 0 unspecified atom stereocenters. The second-order valence-electron chi connectivity index (χ2n) is 15.5. The predicted octanol–water partition coefficient (Wildman–Crippen LogP) is 15.1. The van der Waals surface area contributed by atoms with Crippen LogP contribution in [0.1, 0.15) is 34.4 Å². The third kappa shape index (κ3) is 5.60. The number of benzene rings is 9. The number of para-hydroxylation sites is 1. The fourth-order valence-electron chi connectivity index (χ4n) is 9.62. The predicted molar refractivity (Wildman–Crippen MR) is 252 cm³/mol. The van der Waals surface area contributed by atoms with Crippen molar-refractivity contribution in [3.63, 3.8) is 0 Å². The van der Waals surface area contributed by atoms with Crippen molar-refractivity contribution < 1.29 is 0 Å². The normalized spacial score (nSPS) is 12.3. The third-order valence-electron chi connectivity index (χ3n) is 12.3. The van der Waals surface area contributed by atoms with Crippen molar-refractivity contribution in [2.45, 2.75) is 12.8 Å². The third-order valence-corrected chi connectivity index (χ3v) is 12.3. The molecule has 9 aromatic carbocycles. The van der Waals surface area contributed by atoms with Gasteiger partial charge >= 0.3 is 0 Å². The van der Waals surface area contributed by atoms with Gasteiger partial charge in [0.05, 0.1) is 16.9 Å². The first-order valence-electron chi connectivity index (χ1n) is 20.4. The van der Waals surface area contributed by atoms with Crippen LogP contribution in [0, 0.1) is 5.41 Å². The van der Waals surface area contributed by atoms with Gasteiger partial charge in [0, 0.05) is 22.2 Å². The lowest BCUT2D eigenvalue weighted by atomic mass is 9.81. The number of aryl methyl sites for hydroxylation is 1. The Hall–Kier alpha value is -7.55. The Morgan fingerprint density at radius 2 is 1.15 bits per heavy atom. The average molecular weight is 753 g/mol. The first-order chi connectivity index (χ1) is 29.2. The Morgan fingerprint density at radius 1 is 0.542 bits per heavy atom. The Bertz CT molecular complexity index is 3340. The Morgan fingerprint density at radius 3 is 1.93 bits per heavy atom. The zero-order valence-corrected chi connectivity index (χ0v) is 32.6. The van der Waals surface area contributed by atoms with Crippen molar-refractivity contribution in [2.75, 3.05) is 0 Å². The Balaban J connectivity index is 1.22. The summed E-state index contributed by atoms with van der Waals surface area (Å²) < 4.78 is 2.24. The smallest absolute Gasteiger partial charge is 0.0712 e. The van der Waals surface area contributed by atoms with E-state index in [2.05, 4.69) is 169 Å². The maximum atomic E-state index is 9.63. The molecule has 1 heterocycles. The van der Waals surface area contributed by atoms with Crippen LogP contribution in [-0.4, -0.2) is 10.3 Å². The molecule has 2 heteroatoms. The first kappa shape index (κ1) is 34.7. The van der Waals surface area contributed by atoms with Gasteiger partial charge < -0.3 is 4.57 Å². The topological polar surface area (TPSA) is 28.8 Å². The highest BCUT2D eigenvalue weighted by molar-refractivity contribution is 6.25. The molecule has 0 atom stereocenters. The first-order valence-corrected chi connectivity index (χ1v) is 20.4. The van der Waals surface area contributed by atoms with Crippen molar-refractivity contribution in [1.82, 2.24) is 4.57 Å². The molecule has 1 aromatic heterocycles. The molecule has 0 bridgehead atoms. The molecule has 0 aliphatic heterocycles. The Labute approximate surface area is 344 Å². The highest BCUT2D eigenvalue weighted by Crippen LogP contribution is 2.48.